The molecule has 1 fully saturated rings. The van der Waals surface area contributed by atoms with Crippen molar-refractivity contribution in [2.24, 2.45) is 5.92 Å². The molecule has 0 amide bonds. The molecule has 0 saturated carbocycles. The van der Waals surface area contributed by atoms with E-state index in [2.05, 4.69) is 5.32 Å². The molecule has 1 N–H and O–H groups in total. The van der Waals surface area contributed by atoms with Crippen LogP contribution in [0.25, 0.3) is 0 Å². The number of nitrogens with zero attached hydrogens (tertiary/aromatic N) is 1. The van der Waals surface area contributed by atoms with Gasteiger partial charge in [-0.3, -0.25) is 10.1 Å². The fraction of sp³-hybridized carbons (Fsp3) is 0.400. The van der Waals surface area contributed by atoms with Crippen LogP contribution < -0.4 is 10.1 Å². The number of nitro groups is 1. The third-order valence-corrected chi connectivity index (χ3v) is 2.38. The average Bonchev–Trinajstić information content (AvgIpc) is 2.16. The van der Waals surface area contributed by atoms with E-state index in [1.165, 1.54) is 12.1 Å². The lowest BCUT2D eigenvalue weighted by Gasteiger charge is -2.26. The minimum Gasteiger partial charge on any atom is -0.493 e. The Labute approximate surface area is 87.2 Å². The first-order valence-electron chi connectivity index (χ1n) is 4.83. The molecule has 0 atom stereocenters. The summed E-state index contributed by atoms with van der Waals surface area (Å²) in [6, 6.07) is 6.27. The molecule has 0 aromatic heterocycles. The highest BCUT2D eigenvalue weighted by atomic mass is 16.6. The van der Waals surface area contributed by atoms with Crippen LogP contribution in [0.2, 0.25) is 0 Å². The Hall–Kier alpha value is -1.62. The zero-order chi connectivity index (χ0) is 10.7. The third kappa shape index (κ3) is 2.44. The number of hydrogen-bond acceptors (Lipinski definition) is 4. The summed E-state index contributed by atoms with van der Waals surface area (Å²) >= 11 is 0. The van der Waals surface area contributed by atoms with Gasteiger partial charge in [-0.2, -0.15) is 0 Å². The Kier molecular flexibility index (Phi) is 2.82. The highest BCUT2D eigenvalue weighted by Gasteiger charge is 2.17. The molecule has 15 heavy (non-hydrogen) atoms. The summed E-state index contributed by atoms with van der Waals surface area (Å²) in [6.45, 7) is 2.55. The normalized spacial score (nSPS) is 15.7. The first-order valence-corrected chi connectivity index (χ1v) is 4.83. The zero-order valence-electron chi connectivity index (χ0n) is 8.18. The molecule has 0 bridgehead atoms. The second-order valence-electron chi connectivity index (χ2n) is 3.59. The van der Waals surface area contributed by atoms with Crippen LogP contribution in [-0.4, -0.2) is 24.6 Å². The summed E-state index contributed by atoms with van der Waals surface area (Å²) in [4.78, 5) is 10.1. The van der Waals surface area contributed by atoms with Gasteiger partial charge in [0.2, 0.25) is 0 Å². The van der Waals surface area contributed by atoms with Crippen molar-refractivity contribution in [1.82, 2.24) is 5.32 Å². The lowest BCUT2D eigenvalue weighted by atomic mass is 10.1. The molecular weight excluding hydrogens is 196 g/mol. The van der Waals surface area contributed by atoms with E-state index in [1.54, 1.807) is 12.1 Å². The van der Waals surface area contributed by atoms with Gasteiger partial charge in [-0.1, -0.05) is 6.07 Å². The standard InChI is InChI=1S/C10H12N2O3/c13-12(14)9-2-1-3-10(4-9)15-7-8-5-11-6-8/h1-4,8,11H,5-7H2. The Morgan fingerprint density at radius 2 is 2.33 bits per heavy atom. The molecule has 5 heteroatoms. The Morgan fingerprint density at radius 3 is 2.93 bits per heavy atom. The zero-order valence-corrected chi connectivity index (χ0v) is 8.18. The van der Waals surface area contributed by atoms with E-state index in [-0.39, 0.29) is 5.69 Å². The van der Waals surface area contributed by atoms with E-state index < -0.39 is 4.92 Å². The minimum absolute atomic E-state index is 0.0687. The number of nitro benzene ring substituents is 1. The summed E-state index contributed by atoms with van der Waals surface area (Å²) < 4.78 is 5.46. The first-order chi connectivity index (χ1) is 7.25. The van der Waals surface area contributed by atoms with Gasteiger partial charge in [0.15, 0.2) is 0 Å². The van der Waals surface area contributed by atoms with Crippen molar-refractivity contribution in [3.8, 4) is 5.75 Å². The predicted octanol–water partition coefficient (Wildman–Crippen LogP) is 1.19. The quantitative estimate of drug-likeness (QED) is 0.596. The summed E-state index contributed by atoms with van der Waals surface area (Å²) in [7, 11) is 0. The van der Waals surface area contributed by atoms with Gasteiger partial charge in [-0.15, -0.1) is 0 Å². The van der Waals surface area contributed by atoms with E-state index in [1.807, 2.05) is 0 Å². The topological polar surface area (TPSA) is 64.4 Å². The molecule has 0 spiro atoms. The van der Waals surface area contributed by atoms with E-state index in [4.69, 9.17) is 4.74 Å². The number of benzene rings is 1. The van der Waals surface area contributed by atoms with Crippen LogP contribution in [0.3, 0.4) is 0 Å². The fourth-order valence-electron chi connectivity index (χ4n) is 1.37. The Morgan fingerprint density at radius 1 is 1.53 bits per heavy atom. The summed E-state index contributed by atoms with van der Waals surface area (Å²) in [5.74, 6) is 1.10. The summed E-state index contributed by atoms with van der Waals surface area (Å²) in [5, 5.41) is 13.6. The number of rotatable bonds is 4. The minimum atomic E-state index is -0.419. The van der Waals surface area contributed by atoms with Gasteiger partial charge >= 0.3 is 0 Å². The first kappa shape index (κ1) is 9.92. The number of non-ortho nitro benzene ring substituents is 1. The molecule has 0 radical (unpaired) electrons. The van der Waals surface area contributed by atoms with Crippen molar-refractivity contribution in [3.05, 3.63) is 34.4 Å². The maximum absolute atomic E-state index is 10.5. The van der Waals surface area contributed by atoms with Crippen molar-refractivity contribution < 1.29 is 9.66 Å². The van der Waals surface area contributed by atoms with Crippen molar-refractivity contribution in [3.63, 3.8) is 0 Å². The van der Waals surface area contributed by atoms with Gasteiger partial charge < -0.3 is 10.1 Å². The van der Waals surface area contributed by atoms with E-state index in [0.717, 1.165) is 13.1 Å². The van der Waals surface area contributed by atoms with E-state index in [0.29, 0.717) is 18.3 Å². The number of nitrogens with one attached hydrogen (secondary N) is 1. The van der Waals surface area contributed by atoms with Crippen LogP contribution in [0.4, 0.5) is 5.69 Å². The molecule has 80 valence electrons. The van der Waals surface area contributed by atoms with Crippen molar-refractivity contribution >= 4 is 5.69 Å². The maximum atomic E-state index is 10.5. The van der Waals surface area contributed by atoms with Crippen LogP contribution in [0.1, 0.15) is 0 Å². The van der Waals surface area contributed by atoms with Gasteiger partial charge in [0.25, 0.3) is 5.69 Å². The lowest BCUT2D eigenvalue weighted by Crippen LogP contribution is -2.45. The van der Waals surface area contributed by atoms with Crippen LogP contribution >= 0.6 is 0 Å². The van der Waals surface area contributed by atoms with E-state index in [9.17, 15) is 10.1 Å². The molecule has 0 aliphatic carbocycles. The lowest BCUT2D eigenvalue weighted by molar-refractivity contribution is -0.384. The third-order valence-electron chi connectivity index (χ3n) is 2.38. The van der Waals surface area contributed by atoms with Crippen LogP contribution in [0.15, 0.2) is 24.3 Å². The summed E-state index contributed by atoms with van der Waals surface area (Å²) in [5.41, 5.74) is 0.0687. The van der Waals surface area contributed by atoms with Crippen LogP contribution in [0.5, 0.6) is 5.75 Å². The molecule has 5 nitrogen and oxygen atoms in total. The van der Waals surface area contributed by atoms with Gasteiger partial charge in [0.05, 0.1) is 17.6 Å². The SMILES string of the molecule is O=[N+]([O-])c1cccc(OCC2CNC2)c1. The molecule has 1 heterocycles. The molecule has 1 aromatic carbocycles. The van der Waals surface area contributed by atoms with Gasteiger partial charge in [0, 0.05) is 25.1 Å². The van der Waals surface area contributed by atoms with Crippen LogP contribution in [0, 0.1) is 16.0 Å². The molecule has 2 rings (SSSR count). The second kappa shape index (κ2) is 4.27. The molecule has 1 aliphatic rings. The van der Waals surface area contributed by atoms with Gasteiger partial charge in [-0.25, -0.2) is 0 Å². The number of hydrogen-bond donors (Lipinski definition) is 1. The Bertz CT molecular complexity index is 363. The van der Waals surface area contributed by atoms with Crippen molar-refractivity contribution in [2.75, 3.05) is 19.7 Å². The molecular formula is C10H12N2O3. The predicted molar refractivity (Wildman–Crippen MR) is 55.0 cm³/mol. The molecule has 1 aliphatic heterocycles. The molecule has 1 aromatic rings. The molecule has 0 unspecified atom stereocenters. The van der Waals surface area contributed by atoms with E-state index >= 15 is 0 Å². The second-order valence-corrected chi connectivity index (χ2v) is 3.59. The van der Waals surface area contributed by atoms with Gasteiger partial charge in [0.1, 0.15) is 5.75 Å². The smallest absolute Gasteiger partial charge is 0.273 e. The van der Waals surface area contributed by atoms with Gasteiger partial charge in [-0.05, 0) is 6.07 Å². The van der Waals surface area contributed by atoms with Crippen molar-refractivity contribution in [1.29, 1.82) is 0 Å². The Balaban J connectivity index is 1.94. The molecule has 1 saturated heterocycles. The average molecular weight is 208 g/mol. The largest absolute Gasteiger partial charge is 0.493 e. The summed E-state index contributed by atoms with van der Waals surface area (Å²) in [6.07, 6.45) is 0. The number of ether oxygens (including phenoxy) is 1. The van der Waals surface area contributed by atoms with Crippen LogP contribution in [-0.2, 0) is 0 Å². The highest BCUT2D eigenvalue weighted by Crippen LogP contribution is 2.19. The highest BCUT2D eigenvalue weighted by molar-refractivity contribution is 5.37. The maximum Gasteiger partial charge on any atom is 0.273 e. The van der Waals surface area contributed by atoms with Crippen molar-refractivity contribution in [2.45, 2.75) is 0 Å². The monoisotopic (exact) mass is 208 g/mol. The fourth-order valence-corrected chi connectivity index (χ4v) is 1.37.